The molecular formula is C22H20N4O4. The van der Waals surface area contributed by atoms with Crippen molar-refractivity contribution in [3.05, 3.63) is 71.9 Å². The second-order valence-corrected chi connectivity index (χ2v) is 6.70. The van der Waals surface area contributed by atoms with Gasteiger partial charge in [0.05, 0.1) is 14.2 Å². The number of imidazole rings is 1. The van der Waals surface area contributed by atoms with Crippen LogP contribution in [0.25, 0.3) is 10.9 Å². The number of ether oxygens (including phenoxy) is 2. The Balaban J connectivity index is 1.58. The summed E-state index contributed by atoms with van der Waals surface area (Å²) in [6.07, 6.45) is 3.28. The van der Waals surface area contributed by atoms with Crippen molar-refractivity contribution in [1.29, 1.82) is 0 Å². The minimum Gasteiger partial charge on any atom is -0.493 e. The number of benzene rings is 2. The van der Waals surface area contributed by atoms with Crippen LogP contribution in [0.5, 0.6) is 11.5 Å². The van der Waals surface area contributed by atoms with Crippen LogP contribution in [0, 0.1) is 0 Å². The smallest absolute Gasteiger partial charge is 0.272 e. The van der Waals surface area contributed by atoms with Crippen molar-refractivity contribution in [3.8, 4) is 11.5 Å². The van der Waals surface area contributed by atoms with Gasteiger partial charge in [0.15, 0.2) is 17.3 Å². The number of anilines is 1. The Kier molecular flexibility index (Phi) is 4.97. The Morgan fingerprint density at radius 1 is 1.07 bits per heavy atom. The molecule has 30 heavy (non-hydrogen) atoms. The summed E-state index contributed by atoms with van der Waals surface area (Å²) in [6.45, 7) is 0. The van der Waals surface area contributed by atoms with E-state index in [9.17, 15) is 9.59 Å². The number of amides is 1. The molecule has 0 aliphatic carbocycles. The number of hydrogen-bond donors (Lipinski definition) is 2. The highest BCUT2D eigenvalue weighted by molar-refractivity contribution is 6.09. The van der Waals surface area contributed by atoms with E-state index in [0.29, 0.717) is 34.3 Å². The summed E-state index contributed by atoms with van der Waals surface area (Å²) in [5.41, 5.74) is 2.07. The number of carbonyl (C=O) groups excluding carboxylic acids is 2. The Bertz CT molecular complexity index is 1210. The van der Waals surface area contributed by atoms with Crippen molar-refractivity contribution in [2.75, 3.05) is 19.5 Å². The maximum absolute atomic E-state index is 12.8. The van der Waals surface area contributed by atoms with E-state index in [0.717, 1.165) is 10.9 Å². The maximum Gasteiger partial charge on any atom is 0.272 e. The van der Waals surface area contributed by atoms with Crippen LogP contribution in [0.1, 0.15) is 26.7 Å². The molecule has 2 aromatic carbocycles. The summed E-state index contributed by atoms with van der Waals surface area (Å²) in [7, 11) is 4.87. The highest BCUT2D eigenvalue weighted by Gasteiger charge is 2.16. The standard InChI is InChI=1S/C22H20N4O4/c1-26-8-7-23-21(26)20(27)13-5-4-6-15(9-13)24-22(28)17-10-14-11-18(29-2)19(30-3)12-16(14)25-17/h4-12,25H,1-3H3,(H,24,28). The Morgan fingerprint density at radius 2 is 1.83 bits per heavy atom. The van der Waals surface area contributed by atoms with Crippen LogP contribution in [-0.4, -0.2) is 40.4 Å². The number of ketones is 1. The molecule has 0 fully saturated rings. The first-order valence-corrected chi connectivity index (χ1v) is 9.18. The molecule has 4 aromatic rings. The van der Waals surface area contributed by atoms with Gasteiger partial charge in [-0.1, -0.05) is 12.1 Å². The van der Waals surface area contributed by atoms with Gasteiger partial charge in [-0.15, -0.1) is 0 Å². The molecule has 0 bridgehead atoms. The fraction of sp³-hybridized carbons (Fsp3) is 0.136. The molecule has 0 radical (unpaired) electrons. The van der Waals surface area contributed by atoms with E-state index in [2.05, 4.69) is 15.3 Å². The third-order valence-corrected chi connectivity index (χ3v) is 4.78. The molecule has 0 unspecified atom stereocenters. The first kappa shape index (κ1) is 19.3. The van der Waals surface area contributed by atoms with Gasteiger partial charge in [-0.25, -0.2) is 4.98 Å². The van der Waals surface area contributed by atoms with Crippen LogP contribution < -0.4 is 14.8 Å². The molecule has 2 aromatic heterocycles. The molecular weight excluding hydrogens is 384 g/mol. The molecule has 1 amide bonds. The lowest BCUT2D eigenvalue weighted by Gasteiger charge is -2.07. The molecule has 152 valence electrons. The molecule has 0 aliphatic heterocycles. The number of hydrogen-bond acceptors (Lipinski definition) is 5. The quantitative estimate of drug-likeness (QED) is 0.480. The van der Waals surface area contributed by atoms with Crippen molar-refractivity contribution in [2.45, 2.75) is 0 Å². The Labute approximate surface area is 172 Å². The van der Waals surface area contributed by atoms with Gasteiger partial charge in [-0.05, 0) is 24.3 Å². The van der Waals surface area contributed by atoms with Gasteiger partial charge in [0, 0.05) is 47.7 Å². The fourth-order valence-corrected chi connectivity index (χ4v) is 3.23. The number of aromatic amines is 1. The van der Waals surface area contributed by atoms with Gasteiger partial charge < -0.3 is 24.3 Å². The molecule has 0 spiro atoms. The summed E-state index contributed by atoms with van der Waals surface area (Å²) >= 11 is 0. The maximum atomic E-state index is 12.8. The van der Waals surface area contributed by atoms with Crippen LogP contribution in [0.4, 0.5) is 5.69 Å². The van der Waals surface area contributed by atoms with E-state index in [-0.39, 0.29) is 11.7 Å². The lowest BCUT2D eigenvalue weighted by Crippen LogP contribution is -2.13. The predicted octanol–water partition coefficient (Wildman–Crippen LogP) is 3.40. The summed E-state index contributed by atoms with van der Waals surface area (Å²) < 4.78 is 12.3. The molecule has 2 heterocycles. The predicted molar refractivity (Wildman–Crippen MR) is 112 cm³/mol. The largest absolute Gasteiger partial charge is 0.493 e. The van der Waals surface area contributed by atoms with Crippen LogP contribution in [0.2, 0.25) is 0 Å². The van der Waals surface area contributed by atoms with Gasteiger partial charge in [-0.2, -0.15) is 0 Å². The summed E-state index contributed by atoms with van der Waals surface area (Å²) in [5.74, 6) is 0.932. The van der Waals surface area contributed by atoms with Crippen LogP contribution in [0.15, 0.2) is 54.9 Å². The number of nitrogens with one attached hydrogen (secondary N) is 2. The minimum atomic E-state index is -0.328. The molecule has 2 N–H and O–H groups in total. The second-order valence-electron chi connectivity index (χ2n) is 6.70. The molecule has 8 nitrogen and oxygen atoms in total. The van der Waals surface area contributed by atoms with Crippen molar-refractivity contribution >= 4 is 28.3 Å². The number of H-pyrrole nitrogens is 1. The number of methoxy groups -OCH3 is 2. The highest BCUT2D eigenvalue weighted by Crippen LogP contribution is 2.32. The average molecular weight is 404 g/mol. The second kappa shape index (κ2) is 7.75. The van der Waals surface area contributed by atoms with Crippen molar-refractivity contribution in [3.63, 3.8) is 0 Å². The average Bonchev–Trinajstić information content (AvgIpc) is 3.37. The number of nitrogens with zero attached hydrogens (tertiary/aromatic N) is 2. The molecule has 8 heteroatoms. The van der Waals surface area contributed by atoms with Gasteiger partial charge in [0.1, 0.15) is 5.69 Å². The zero-order valence-electron chi connectivity index (χ0n) is 16.7. The highest BCUT2D eigenvalue weighted by atomic mass is 16.5. The molecule has 0 atom stereocenters. The molecule has 0 saturated carbocycles. The first-order chi connectivity index (χ1) is 14.5. The van der Waals surface area contributed by atoms with Gasteiger partial charge >= 0.3 is 0 Å². The van der Waals surface area contributed by atoms with Gasteiger partial charge in [-0.3, -0.25) is 9.59 Å². The third-order valence-electron chi connectivity index (χ3n) is 4.78. The van der Waals surface area contributed by atoms with Crippen LogP contribution in [-0.2, 0) is 7.05 Å². The Hall–Kier alpha value is -4.07. The molecule has 4 rings (SSSR count). The van der Waals surface area contributed by atoms with E-state index in [4.69, 9.17) is 9.47 Å². The summed E-state index contributed by atoms with van der Waals surface area (Å²) in [6, 6.07) is 12.1. The van der Waals surface area contributed by atoms with Crippen LogP contribution >= 0.6 is 0 Å². The van der Waals surface area contributed by atoms with Crippen molar-refractivity contribution < 1.29 is 19.1 Å². The van der Waals surface area contributed by atoms with E-state index < -0.39 is 0 Å². The minimum absolute atomic E-state index is 0.219. The normalized spacial score (nSPS) is 10.8. The van der Waals surface area contributed by atoms with E-state index in [1.165, 1.54) is 0 Å². The monoisotopic (exact) mass is 404 g/mol. The SMILES string of the molecule is COc1cc2cc(C(=O)Nc3cccc(C(=O)c4nccn4C)c3)[nH]c2cc1OC. The topological polar surface area (TPSA) is 98.2 Å². The zero-order chi connectivity index (χ0) is 21.3. The molecule has 0 aliphatic rings. The lowest BCUT2D eigenvalue weighted by molar-refractivity contribution is 0.101. The fourth-order valence-electron chi connectivity index (χ4n) is 3.23. The van der Waals surface area contributed by atoms with E-state index in [1.807, 2.05) is 0 Å². The van der Waals surface area contributed by atoms with Crippen molar-refractivity contribution in [2.24, 2.45) is 7.05 Å². The van der Waals surface area contributed by atoms with Gasteiger partial charge in [0.2, 0.25) is 5.78 Å². The number of aromatic nitrogens is 3. The zero-order valence-corrected chi connectivity index (χ0v) is 16.7. The number of fused-ring (bicyclic) bond motifs is 1. The third kappa shape index (κ3) is 3.50. The van der Waals surface area contributed by atoms with Crippen LogP contribution in [0.3, 0.4) is 0 Å². The first-order valence-electron chi connectivity index (χ1n) is 9.18. The number of rotatable bonds is 6. The number of aryl methyl sites for hydroxylation is 1. The van der Waals surface area contributed by atoms with E-state index in [1.54, 1.807) is 80.7 Å². The van der Waals surface area contributed by atoms with Gasteiger partial charge in [0.25, 0.3) is 5.91 Å². The summed E-state index contributed by atoms with van der Waals surface area (Å²) in [4.78, 5) is 32.6. The van der Waals surface area contributed by atoms with E-state index >= 15 is 0 Å². The summed E-state index contributed by atoms with van der Waals surface area (Å²) in [5, 5.41) is 3.64. The lowest BCUT2D eigenvalue weighted by atomic mass is 10.1. The number of carbonyl (C=O) groups is 2. The Morgan fingerprint density at radius 3 is 2.53 bits per heavy atom. The molecule has 0 saturated heterocycles. The van der Waals surface area contributed by atoms with Crippen molar-refractivity contribution in [1.82, 2.24) is 14.5 Å².